The van der Waals surface area contributed by atoms with Crippen LogP contribution in [0.4, 0.5) is 9.18 Å². The number of hydrogen-bond donors (Lipinski definition) is 0. The lowest BCUT2D eigenvalue weighted by Gasteiger charge is -2.08. The van der Waals surface area contributed by atoms with Gasteiger partial charge in [0, 0.05) is 40.3 Å². The molecule has 0 radical (unpaired) electrons. The van der Waals surface area contributed by atoms with Crippen LogP contribution < -0.4 is 0 Å². The molecule has 7 heteroatoms. The Kier molecular flexibility index (Phi) is 4.53. The molecule has 2 heterocycles. The Morgan fingerprint density at radius 3 is 2.63 bits per heavy atom. The average molecular weight is 401 g/mol. The van der Waals surface area contributed by atoms with Crippen LogP contribution in [0.1, 0.15) is 11.1 Å². The fourth-order valence-electron chi connectivity index (χ4n) is 3.06. The molecule has 1 saturated heterocycles. The highest BCUT2D eigenvalue weighted by molar-refractivity contribution is 8.18. The molecule has 0 spiro atoms. The third-order valence-electron chi connectivity index (χ3n) is 4.48. The van der Waals surface area contributed by atoms with Crippen LogP contribution in [-0.4, -0.2) is 27.7 Å². The van der Waals surface area contributed by atoms with Gasteiger partial charge in [-0.2, -0.15) is 0 Å². The molecule has 0 bridgehead atoms. The van der Waals surface area contributed by atoms with Crippen LogP contribution >= 0.6 is 23.4 Å². The minimum Gasteiger partial charge on any atom is -0.342 e. The van der Waals surface area contributed by atoms with Crippen molar-refractivity contribution >= 4 is 51.5 Å². The highest BCUT2D eigenvalue weighted by atomic mass is 35.5. The smallest absolute Gasteiger partial charge is 0.293 e. The van der Waals surface area contributed by atoms with Gasteiger partial charge in [0.05, 0.1) is 11.4 Å². The van der Waals surface area contributed by atoms with Crippen LogP contribution in [0.5, 0.6) is 0 Å². The summed E-state index contributed by atoms with van der Waals surface area (Å²) >= 11 is 7.08. The van der Waals surface area contributed by atoms with Crippen molar-refractivity contribution in [3.05, 3.63) is 75.5 Å². The number of amides is 2. The first kappa shape index (κ1) is 17.8. The molecule has 1 aromatic heterocycles. The summed E-state index contributed by atoms with van der Waals surface area (Å²) in [6.45, 7) is 0.259. The van der Waals surface area contributed by atoms with Crippen LogP contribution in [0, 0.1) is 5.82 Å². The van der Waals surface area contributed by atoms with Gasteiger partial charge in [0.2, 0.25) is 0 Å². The van der Waals surface area contributed by atoms with E-state index in [9.17, 15) is 14.0 Å². The fraction of sp³-hybridized carbons (Fsp3) is 0.100. The molecule has 0 saturated carbocycles. The van der Waals surface area contributed by atoms with Crippen LogP contribution in [-0.2, 0) is 11.3 Å². The summed E-state index contributed by atoms with van der Waals surface area (Å²) in [7, 11) is 1.46. The van der Waals surface area contributed by atoms with E-state index in [1.807, 2.05) is 35.0 Å². The van der Waals surface area contributed by atoms with E-state index in [0.717, 1.165) is 33.1 Å². The molecule has 1 aliphatic heterocycles. The van der Waals surface area contributed by atoms with Crippen molar-refractivity contribution in [1.82, 2.24) is 9.47 Å². The highest BCUT2D eigenvalue weighted by Crippen LogP contribution is 2.33. The molecule has 0 unspecified atom stereocenters. The van der Waals surface area contributed by atoms with E-state index in [1.165, 1.54) is 13.1 Å². The second kappa shape index (κ2) is 6.87. The summed E-state index contributed by atoms with van der Waals surface area (Å²) in [5.74, 6) is -0.687. The molecule has 4 rings (SSSR count). The van der Waals surface area contributed by atoms with Gasteiger partial charge in [-0.25, -0.2) is 4.39 Å². The van der Waals surface area contributed by atoms with Gasteiger partial charge in [0.25, 0.3) is 11.1 Å². The van der Waals surface area contributed by atoms with E-state index in [-0.39, 0.29) is 23.5 Å². The highest BCUT2D eigenvalue weighted by Gasteiger charge is 2.32. The van der Waals surface area contributed by atoms with E-state index in [4.69, 9.17) is 11.6 Å². The van der Waals surface area contributed by atoms with Gasteiger partial charge < -0.3 is 4.57 Å². The molecule has 0 N–H and O–H groups in total. The molecule has 1 fully saturated rings. The number of thioether (sulfide) groups is 1. The zero-order valence-electron chi connectivity index (χ0n) is 14.3. The number of nitrogens with zero attached hydrogens (tertiary/aromatic N) is 2. The number of fused-ring (bicyclic) bond motifs is 1. The molecular formula is C20H14ClFN2O2S. The van der Waals surface area contributed by atoms with Crippen LogP contribution in [0.15, 0.2) is 53.6 Å². The Hall–Kier alpha value is -2.57. The van der Waals surface area contributed by atoms with Gasteiger partial charge in [-0.3, -0.25) is 14.5 Å². The topological polar surface area (TPSA) is 42.3 Å². The van der Waals surface area contributed by atoms with Crippen LogP contribution in [0.25, 0.3) is 17.0 Å². The van der Waals surface area contributed by atoms with E-state index in [1.54, 1.807) is 18.2 Å². The number of carbonyl (C=O) groups excluding carboxylic acids is 2. The summed E-state index contributed by atoms with van der Waals surface area (Å²) in [4.78, 5) is 25.4. The molecule has 136 valence electrons. The maximum atomic E-state index is 14.2. The Bertz CT molecular complexity index is 1100. The SMILES string of the molecule is CN1C(=O)S/C(=C/c2cn(Cc3c(F)cccc3Cl)c3ccccc23)C1=O. The first-order valence-corrected chi connectivity index (χ1v) is 9.37. The molecule has 2 amide bonds. The molecule has 3 aromatic rings. The average Bonchev–Trinajstić information content (AvgIpc) is 3.11. The minimum atomic E-state index is -0.367. The molecule has 0 atom stereocenters. The molecule has 4 nitrogen and oxygen atoms in total. The normalized spacial score (nSPS) is 16.1. The van der Waals surface area contributed by atoms with Crippen LogP contribution in [0.2, 0.25) is 5.02 Å². The number of carbonyl (C=O) groups is 2. The summed E-state index contributed by atoms with van der Waals surface area (Å²) in [6.07, 6.45) is 3.55. The van der Waals surface area contributed by atoms with E-state index >= 15 is 0 Å². The van der Waals surface area contributed by atoms with Gasteiger partial charge in [0.15, 0.2) is 0 Å². The summed E-state index contributed by atoms with van der Waals surface area (Å²) < 4.78 is 16.1. The first-order chi connectivity index (χ1) is 13.0. The molecule has 27 heavy (non-hydrogen) atoms. The second-order valence-electron chi connectivity index (χ2n) is 6.17. The number of imide groups is 1. The standard InChI is InChI=1S/C20H14ClFN2O2S/c1-23-19(25)18(27-20(23)26)9-12-10-24(17-8-3-2-5-13(12)17)11-14-15(21)6-4-7-16(14)22/h2-10H,11H2,1H3/b18-9+. The Morgan fingerprint density at radius 2 is 1.93 bits per heavy atom. The predicted octanol–water partition coefficient (Wildman–Crippen LogP) is 5.15. The third kappa shape index (κ3) is 3.15. The lowest BCUT2D eigenvalue weighted by molar-refractivity contribution is -0.121. The Morgan fingerprint density at radius 1 is 1.15 bits per heavy atom. The molecule has 2 aromatic carbocycles. The zero-order valence-corrected chi connectivity index (χ0v) is 15.9. The lowest BCUT2D eigenvalue weighted by Crippen LogP contribution is -2.22. The monoisotopic (exact) mass is 400 g/mol. The number of halogens is 2. The van der Waals surface area contributed by atoms with Gasteiger partial charge >= 0.3 is 0 Å². The lowest BCUT2D eigenvalue weighted by atomic mass is 10.1. The summed E-state index contributed by atoms with van der Waals surface area (Å²) in [5.41, 5.74) is 2.08. The summed E-state index contributed by atoms with van der Waals surface area (Å²) in [5, 5.41) is 0.974. The predicted molar refractivity (Wildman–Crippen MR) is 106 cm³/mol. The maximum Gasteiger partial charge on any atom is 0.293 e. The van der Waals surface area contributed by atoms with Crippen molar-refractivity contribution < 1.29 is 14.0 Å². The Balaban J connectivity index is 1.81. The third-order valence-corrected chi connectivity index (χ3v) is 5.80. The number of para-hydroxylation sites is 1. The van der Waals surface area contributed by atoms with Gasteiger partial charge in [-0.15, -0.1) is 0 Å². The summed E-state index contributed by atoms with van der Waals surface area (Å²) in [6, 6.07) is 12.2. The van der Waals surface area contributed by atoms with E-state index in [0.29, 0.717) is 15.5 Å². The number of rotatable bonds is 3. The minimum absolute atomic E-state index is 0.259. The number of benzene rings is 2. The maximum absolute atomic E-state index is 14.2. The molecule has 1 aliphatic rings. The van der Waals surface area contributed by atoms with Crippen molar-refractivity contribution in [3.8, 4) is 0 Å². The quantitative estimate of drug-likeness (QED) is 0.571. The number of aromatic nitrogens is 1. The van der Waals surface area contributed by atoms with Gasteiger partial charge in [0.1, 0.15) is 5.82 Å². The van der Waals surface area contributed by atoms with E-state index in [2.05, 4.69) is 0 Å². The van der Waals surface area contributed by atoms with Crippen molar-refractivity contribution in [2.45, 2.75) is 6.54 Å². The van der Waals surface area contributed by atoms with Crippen LogP contribution in [0.3, 0.4) is 0 Å². The molecular weight excluding hydrogens is 387 g/mol. The van der Waals surface area contributed by atoms with Crippen molar-refractivity contribution in [2.24, 2.45) is 0 Å². The number of hydrogen-bond acceptors (Lipinski definition) is 3. The van der Waals surface area contributed by atoms with Crippen molar-refractivity contribution in [3.63, 3.8) is 0 Å². The Labute approximate surface area is 164 Å². The van der Waals surface area contributed by atoms with Crippen molar-refractivity contribution in [2.75, 3.05) is 7.05 Å². The second-order valence-corrected chi connectivity index (χ2v) is 7.57. The van der Waals surface area contributed by atoms with Crippen molar-refractivity contribution in [1.29, 1.82) is 0 Å². The fourth-order valence-corrected chi connectivity index (χ4v) is 4.10. The number of likely N-dealkylation sites (N-methyl/N-ethyl adjacent to an activating group) is 1. The van der Waals surface area contributed by atoms with Gasteiger partial charge in [-0.1, -0.05) is 35.9 Å². The van der Waals surface area contributed by atoms with Gasteiger partial charge in [-0.05, 0) is 36.0 Å². The zero-order chi connectivity index (χ0) is 19.1. The first-order valence-electron chi connectivity index (χ1n) is 8.18. The molecule has 0 aliphatic carbocycles. The largest absolute Gasteiger partial charge is 0.342 e. The van der Waals surface area contributed by atoms with E-state index < -0.39 is 0 Å².